The minimum atomic E-state index is -1.18. The maximum Gasteiger partial charge on any atom is 0.251 e. The van der Waals surface area contributed by atoms with Gasteiger partial charge in [-0.1, -0.05) is 0 Å². The highest BCUT2D eigenvalue weighted by atomic mass is 16.5. The lowest BCUT2D eigenvalue weighted by atomic mass is 10.2. The lowest BCUT2D eigenvalue weighted by molar-refractivity contribution is -0.159. The Kier molecular flexibility index (Phi) is 4.88. The number of carbonyl (C=O) groups excluding carboxylic acids is 1. The first-order valence-electron chi connectivity index (χ1n) is 5.31. The summed E-state index contributed by atoms with van der Waals surface area (Å²) in [5.41, 5.74) is 0.440. The van der Waals surface area contributed by atoms with Crippen molar-refractivity contribution < 1.29 is 24.9 Å². The summed E-state index contributed by atoms with van der Waals surface area (Å²) >= 11 is 0. The first kappa shape index (κ1) is 13.9. The predicted molar refractivity (Wildman–Crippen MR) is 58.3 cm³/mol. The highest BCUT2D eigenvalue weighted by Crippen LogP contribution is 2.13. The third-order valence-corrected chi connectivity index (χ3v) is 2.46. The number of hydrogen-bond donors (Lipinski definition) is 4. The third kappa shape index (κ3) is 3.40. The maximum atomic E-state index is 11.2. The summed E-state index contributed by atoms with van der Waals surface area (Å²) in [7, 11) is 0. The number of nitrogens with zero attached hydrogens (tertiary/aromatic N) is 1. The number of nitrogens with one attached hydrogen (secondary N) is 1. The van der Waals surface area contributed by atoms with Gasteiger partial charge < -0.3 is 30.3 Å². The predicted octanol–water partition coefficient (Wildman–Crippen LogP) is -1.69. The lowest BCUT2D eigenvalue weighted by Gasteiger charge is -2.36. The molecule has 7 heteroatoms. The lowest BCUT2D eigenvalue weighted by Crippen LogP contribution is -2.54. The Labute approximate surface area is 99.3 Å². The van der Waals surface area contributed by atoms with Crippen LogP contribution < -0.4 is 5.32 Å². The molecule has 7 nitrogen and oxygen atoms in total. The number of aliphatic hydroxyl groups excluding tert-OH is 3. The minimum absolute atomic E-state index is 0.320. The molecule has 0 aromatic heterocycles. The second kappa shape index (κ2) is 5.97. The molecule has 0 saturated heterocycles. The Morgan fingerprint density at radius 3 is 2.65 bits per heavy atom. The minimum Gasteiger partial charge on any atom is -0.394 e. The van der Waals surface area contributed by atoms with Crippen LogP contribution in [0.4, 0.5) is 0 Å². The van der Waals surface area contributed by atoms with Gasteiger partial charge in [0, 0.05) is 11.8 Å². The van der Waals surface area contributed by atoms with E-state index in [0.29, 0.717) is 5.57 Å². The van der Waals surface area contributed by atoms with Gasteiger partial charge in [0.2, 0.25) is 6.35 Å². The zero-order chi connectivity index (χ0) is 13.0. The maximum absolute atomic E-state index is 11.2. The smallest absolute Gasteiger partial charge is 0.251 e. The zero-order valence-electron chi connectivity index (χ0n) is 9.83. The van der Waals surface area contributed by atoms with Gasteiger partial charge in [0.05, 0.1) is 13.2 Å². The summed E-state index contributed by atoms with van der Waals surface area (Å²) in [6.45, 7) is 2.61. The molecule has 0 aliphatic carbocycles. The van der Waals surface area contributed by atoms with Gasteiger partial charge in [0.1, 0.15) is 12.3 Å². The van der Waals surface area contributed by atoms with Crippen LogP contribution in [0.25, 0.3) is 0 Å². The highest BCUT2D eigenvalue weighted by Gasteiger charge is 2.27. The fraction of sp³-hybridized carbons (Fsp3) is 0.700. The van der Waals surface area contributed by atoms with Gasteiger partial charge in [-0.05, 0) is 13.8 Å². The molecule has 0 fully saturated rings. The molecule has 1 aliphatic rings. The third-order valence-electron chi connectivity index (χ3n) is 2.46. The molecule has 17 heavy (non-hydrogen) atoms. The molecule has 1 unspecified atom stereocenters. The Balaban J connectivity index is 2.68. The van der Waals surface area contributed by atoms with Gasteiger partial charge in [0.15, 0.2) is 0 Å². The quantitative estimate of drug-likeness (QED) is 0.462. The number of aliphatic hydroxyl groups is 3. The van der Waals surface area contributed by atoms with E-state index in [1.54, 1.807) is 13.8 Å². The SMILES string of the molecule is CC1=CN([C@@H](C)OC(CO)CO)C(O)NC1=O. The molecule has 2 atom stereocenters. The molecule has 98 valence electrons. The number of rotatable bonds is 5. The van der Waals surface area contributed by atoms with Gasteiger partial charge >= 0.3 is 0 Å². The molecule has 1 aliphatic heterocycles. The van der Waals surface area contributed by atoms with Crippen molar-refractivity contribution in [3.8, 4) is 0 Å². The van der Waals surface area contributed by atoms with E-state index in [2.05, 4.69) is 5.32 Å². The van der Waals surface area contributed by atoms with E-state index in [4.69, 9.17) is 14.9 Å². The van der Waals surface area contributed by atoms with Gasteiger partial charge in [-0.25, -0.2) is 0 Å². The van der Waals surface area contributed by atoms with Gasteiger partial charge in [-0.3, -0.25) is 4.79 Å². The molecule has 0 radical (unpaired) electrons. The molecule has 0 aromatic rings. The van der Waals surface area contributed by atoms with Crippen LogP contribution in [0.1, 0.15) is 13.8 Å². The summed E-state index contributed by atoms with van der Waals surface area (Å²) in [6, 6.07) is 0. The molecule has 0 bridgehead atoms. The van der Waals surface area contributed by atoms with Crippen molar-refractivity contribution in [2.45, 2.75) is 32.5 Å². The topological polar surface area (TPSA) is 102 Å². The molecular formula is C10H18N2O5. The monoisotopic (exact) mass is 246 g/mol. The first-order chi connectivity index (χ1) is 7.99. The van der Waals surface area contributed by atoms with E-state index < -0.39 is 18.7 Å². The zero-order valence-corrected chi connectivity index (χ0v) is 9.83. The average Bonchev–Trinajstić information content (AvgIpc) is 2.30. The fourth-order valence-electron chi connectivity index (χ4n) is 1.45. The number of ether oxygens (including phenoxy) is 1. The van der Waals surface area contributed by atoms with Crippen LogP contribution >= 0.6 is 0 Å². The highest BCUT2D eigenvalue weighted by molar-refractivity contribution is 5.93. The van der Waals surface area contributed by atoms with E-state index in [1.807, 2.05) is 0 Å². The van der Waals surface area contributed by atoms with Crippen LogP contribution in [0.3, 0.4) is 0 Å². The first-order valence-corrected chi connectivity index (χ1v) is 5.31. The second-order valence-corrected chi connectivity index (χ2v) is 3.83. The molecule has 0 saturated carbocycles. The Morgan fingerprint density at radius 2 is 2.12 bits per heavy atom. The Hall–Kier alpha value is -1.15. The van der Waals surface area contributed by atoms with Crippen LogP contribution in [0.5, 0.6) is 0 Å². The summed E-state index contributed by atoms with van der Waals surface area (Å²) in [5, 5.41) is 29.7. The van der Waals surface area contributed by atoms with Crippen molar-refractivity contribution in [3.05, 3.63) is 11.8 Å². The van der Waals surface area contributed by atoms with E-state index in [-0.39, 0.29) is 19.1 Å². The molecule has 4 N–H and O–H groups in total. The van der Waals surface area contributed by atoms with E-state index in [9.17, 15) is 9.90 Å². The van der Waals surface area contributed by atoms with Crippen LogP contribution in [0, 0.1) is 0 Å². The molecule has 0 aromatic carbocycles. The van der Waals surface area contributed by atoms with Crippen molar-refractivity contribution in [1.29, 1.82) is 0 Å². The van der Waals surface area contributed by atoms with Gasteiger partial charge in [0.25, 0.3) is 5.91 Å². The van der Waals surface area contributed by atoms with Crippen molar-refractivity contribution in [3.63, 3.8) is 0 Å². The van der Waals surface area contributed by atoms with E-state index in [0.717, 1.165) is 0 Å². The second-order valence-electron chi connectivity index (χ2n) is 3.83. The summed E-state index contributed by atoms with van der Waals surface area (Å²) in [4.78, 5) is 12.6. The Bertz CT molecular complexity index is 303. The van der Waals surface area contributed by atoms with Crippen LogP contribution in [0.2, 0.25) is 0 Å². The fourth-order valence-corrected chi connectivity index (χ4v) is 1.45. The molecule has 1 amide bonds. The van der Waals surface area contributed by atoms with Crippen molar-refractivity contribution >= 4 is 5.91 Å². The van der Waals surface area contributed by atoms with Crippen LogP contribution in [-0.2, 0) is 9.53 Å². The summed E-state index contributed by atoms with van der Waals surface area (Å²) in [6.07, 6.45) is -1.02. The Morgan fingerprint density at radius 1 is 1.53 bits per heavy atom. The average molecular weight is 246 g/mol. The van der Waals surface area contributed by atoms with Crippen molar-refractivity contribution in [1.82, 2.24) is 10.2 Å². The van der Waals surface area contributed by atoms with E-state index in [1.165, 1.54) is 11.1 Å². The van der Waals surface area contributed by atoms with Gasteiger partial charge in [-0.15, -0.1) is 0 Å². The molecule has 0 spiro atoms. The van der Waals surface area contributed by atoms with Gasteiger partial charge in [-0.2, -0.15) is 0 Å². The standard InChI is InChI=1S/C10H18N2O5/c1-6-3-12(10(16)11-9(6)15)7(2)17-8(4-13)5-14/h3,7-8,10,13-14,16H,4-5H2,1-2H3,(H,11,15)/t7-,10?/m1/s1. The van der Waals surface area contributed by atoms with Crippen molar-refractivity contribution in [2.75, 3.05) is 13.2 Å². The van der Waals surface area contributed by atoms with Crippen LogP contribution in [-0.4, -0.2) is 58.0 Å². The number of carbonyl (C=O) groups is 1. The molecule has 1 rings (SSSR count). The largest absolute Gasteiger partial charge is 0.394 e. The van der Waals surface area contributed by atoms with Crippen molar-refractivity contribution in [2.24, 2.45) is 0 Å². The molecular weight excluding hydrogens is 228 g/mol. The number of hydrogen-bond acceptors (Lipinski definition) is 6. The van der Waals surface area contributed by atoms with E-state index >= 15 is 0 Å². The summed E-state index contributed by atoms with van der Waals surface area (Å²) in [5.74, 6) is -0.346. The normalized spacial score (nSPS) is 22.5. The summed E-state index contributed by atoms with van der Waals surface area (Å²) < 4.78 is 5.31. The molecule has 1 heterocycles. The van der Waals surface area contributed by atoms with Crippen LogP contribution in [0.15, 0.2) is 11.8 Å². The number of amides is 1.